The molecule has 0 unspecified atom stereocenters. The number of rotatable bonds is 8. The molecule has 3 aromatic carbocycles. The van der Waals surface area contributed by atoms with E-state index in [0.717, 1.165) is 0 Å². The smallest absolute Gasteiger partial charge is 0.343 e. The van der Waals surface area contributed by atoms with E-state index in [1.54, 1.807) is 48.5 Å². The van der Waals surface area contributed by atoms with E-state index < -0.39 is 5.97 Å². The molecule has 0 radical (unpaired) electrons. The van der Waals surface area contributed by atoms with Crippen molar-refractivity contribution in [2.24, 2.45) is 5.10 Å². The molecular formula is C25H24N2O4. The molecule has 6 nitrogen and oxygen atoms in total. The van der Waals surface area contributed by atoms with Gasteiger partial charge in [-0.05, 0) is 53.4 Å². The van der Waals surface area contributed by atoms with Crippen molar-refractivity contribution in [3.63, 3.8) is 0 Å². The van der Waals surface area contributed by atoms with Crippen molar-refractivity contribution in [3.05, 3.63) is 95.6 Å². The fourth-order valence-corrected chi connectivity index (χ4v) is 2.71. The minimum Gasteiger partial charge on any atom is -0.484 e. The first-order chi connectivity index (χ1) is 15.0. The fraction of sp³-hybridized carbons (Fsp3) is 0.160. The third-order valence-corrected chi connectivity index (χ3v) is 4.40. The van der Waals surface area contributed by atoms with Gasteiger partial charge in [0.15, 0.2) is 6.61 Å². The molecule has 1 N–H and O–H groups in total. The Kier molecular flexibility index (Phi) is 7.54. The number of amides is 1. The topological polar surface area (TPSA) is 77.0 Å². The number of carbonyl (C=O) groups excluding carboxylic acids is 2. The van der Waals surface area contributed by atoms with E-state index in [4.69, 9.17) is 9.47 Å². The highest BCUT2D eigenvalue weighted by Crippen LogP contribution is 2.18. The number of hydrogen-bond acceptors (Lipinski definition) is 5. The summed E-state index contributed by atoms with van der Waals surface area (Å²) in [7, 11) is 0. The normalized spacial score (nSPS) is 10.8. The van der Waals surface area contributed by atoms with Gasteiger partial charge in [0.25, 0.3) is 5.91 Å². The van der Waals surface area contributed by atoms with E-state index in [2.05, 4.69) is 24.4 Å². The standard InChI is InChI=1S/C25H24N2O4/c1-18(2)20-11-13-22(14-12-20)30-17-24(28)27-26-16-19-7-6-10-23(15-19)31-25(29)21-8-4-3-5-9-21/h3-16,18H,17H2,1-2H3,(H,27,28). The van der Waals surface area contributed by atoms with Gasteiger partial charge >= 0.3 is 5.97 Å². The van der Waals surface area contributed by atoms with Crippen LogP contribution in [0.2, 0.25) is 0 Å². The number of nitrogens with one attached hydrogen (secondary N) is 1. The molecule has 1 amide bonds. The van der Waals surface area contributed by atoms with Crippen LogP contribution in [0.25, 0.3) is 0 Å². The average Bonchev–Trinajstić information content (AvgIpc) is 2.79. The van der Waals surface area contributed by atoms with Crippen molar-refractivity contribution < 1.29 is 19.1 Å². The molecule has 31 heavy (non-hydrogen) atoms. The van der Waals surface area contributed by atoms with Gasteiger partial charge in [0, 0.05) is 0 Å². The highest BCUT2D eigenvalue weighted by atomic mass is 16.5. The van der Waals surface area contributed by atoms with Crippen LogP contribution in [0.3, 0.4) is 0 Å². The zero-order chi connectivity index (χ0) is 22.1. The van der Waals surface area contributed by atoms with Crippen LogP contribution < -0.4 is 14.9 Å². The van der Waals surface area contributed by atoms with Crippen molar-refractivity contribution in [3.8, 4) is 11.5 Å². The van der Waals surface area contributed by atoms with Crippen LogP contribution in [0, 0.1) is 0 Å². The molecule has 0 spiro atoms. The van der Waals surface area contributed by atoms with Gasteiger partial charge in [0.05, 0.1) is 11.8 Å². The summed E-state index contributed by atoms with van der Waals surface area (Å²) >= 11 is 0. The molecule has 0 aliphatic carbocycles. The largest absolute Gasteiger partial charge is 0.484 e. The van der Waals surface area contributed by atoms with Gasteiger partial charge in [0.1, 0.15) is 11.5 Å². The van der Waals surface area contributed by atoms with Gasteiger partial charge in [-0.25, -0.2) is 10.2 Å². The summed E-state index contributed by atoms with van der Waals surface area (Å²) in [5.41, 5.74) is 4.76. The van der Waals surface area contributed by atoms with Crippen molar-refractivity contribution in [2.45, 2.75) is 19.8 Å². The minimum absolute atomic E-state index is 0.146. The summed E-state index contributed by atoms with van der Waals surface area (Å²) in [6.07, 6.45) is 1.47. The van der Waals surface area contributed by atoms with Crippen LogP contribution in [0.4, 0.5) is 0 Å². The highest BCUT2D eigenvalue weighted by Gasteiger charge is 2.08. The first-order valence-corrected chi connectivity index (χ1v) is 9.93. The summed E-state index contributed by atoms with van der Waals surface area (Å²) in [6, 6.07) is 23.2. The van der Waals surface area contributed by atoms with Gasteiger partial charge in [-0.3, -0.25) is 4.79 Å². The summed E-state index contributed by atoms with van der Waals surface area (Å²) < 4.78 is 10.8. The van der Waals surface area contributed by atoms with Gasteiger partial charge in [-0.1, -0.05) is 56.3 Å². The maximum Gasteiger partial charge on any atom is 0.343 e. The number of ether oxygens (including phenoxy) is 2. The van der Waals surface area contributed by atoms with Crippen molar-refractivity contribution in [1.82, 2.24) is 5.43 Å². The molecule has 0 aliphatic rings. The lowest BCUT2D eigenvalue weighted by Gasteiger charge is -2.08. The number of hydrogen-bond donors (Lipinski definition) is 1. The fourth-order valence-electron chi connectivity index (χ4n) is 2.71. The Labute approximate surface area is 181 Å². The molecule has 0 saturated heterocycles. The van der Waals surface area contributed by atoms with Crippen molar-refractivity contribution >= 4 is 18.1 Å². The Balaban J connectivity index is 1.48. The second kappa shape index (κ2) is 10.7. The highest BCUT2D eigenvalue weighted by molar-refractivity contribution is 5.91. The van der Waals surface area contributed by atoms with Gasteiger partial charge in [-0.15, -0.1) is 0 Å². The Morgan fingerprint density at radius 1 is 0.935 bits per heavy atom. The maximum absolute atomic E-state index is 12.1. The molecule has 3 rings (SSSR count). The number of benzene rings is 3. The molecule has 0 atom stereocenters. The van der Waals surface area contributed by atoms with E-state index in [9.17, 15) is 9.59 Å². The molecule has 6 heteroatoms. The summed E-state index contributed by atoms with van der Waals surface area (Å²) in [4.78, 5) is 24.1. The number of nitrogens with zero attached hydrogens (tertiary/aromatic N) is 1. The summed E-state index contributed by atoms with van der Waals surface area (Å²) in [5, 5.41) is 3.92. The van der Waals surface area contributed by atoms with E-state index in [1.165, 1.54) is 11.8 Å². The molecule has 0 heterocycles. The first-order valence-electron chi connectivity index (χ1n) is 9.93. The van der Waals surface area contributed by atoms with Crippen LogP contribution in [0.1, 0.15) is 41.3 Å². The lowest BCUT2D eigenvalue weighted by molar-refractivity contribution is -0.123. The third kappa shape index (κ3) is 6.82. The predicted molar refractivity (Wildman–Crippen MR) is 120 cm³/mol. The van der Waals surface area contributed by atoms with E-state index in [-0.39, 0.29) is 12.5 Å². The van der Waals surface area contributed by atoms with Gasteiger partial charge in [0.2, 0.25) is 0 Å². The number of esters is 1. The van der Waals surface area contributed by atoms with Crippen LogP contribution in [0.5, 0.6) is 11.5 Å². The first kappa shape index (κ1) is 21.8. The monoisotopic (exact) mass is 416 g/mol. The van der Waals surface area contributed by atoms with Gasteiger partial charge < -0.3 is 9.47 Å². The zero-order valence-corrected chi connectivity index (χ0v) is 17.4. The van der Waals surface area contributed by atoms with Crippen molar-refractivity contribution in [2.75, 3.05) is 6.61 Å². The molecule has 0 fully saturated rings. The average molecular weight is 416 g/mol. The molecule has 0 saturated carbocycles. The van der Waals surface area contributed by atoms with Crippen molar-refractivity contribution in [1.29, 1.82) is 0 Å². The molecule has 0 aliphatic heterocycles. The lowest BCUT2D eigenvalue weighted by Crippen LogP contribution is -2.24. The van der Waals surface area contributed by atoms with E-state index in [1.807, 2.05) is 30.3 Å². The van der Waals surface area contributed by atoms with E-state index >= 15 is 0 Å². The summed E-state index contributed by atoms with van der Waals surface area (Å²) in [6.45, 7) is 4.08. The minimum atomic E-state index is -0.443. The molecular weight excluding hydrogens is 392 g/mol. The SMILES string of the molecule is CC(C)c1ccc(OCC(=O)NN=Cc2cccc(OC(=O)c3ccccc3)c2)cc1. The third-order valence-electron chi connectivity index (χ3n) is 4.40. The molecule has 3 aromatic rings. The second-order valence-electron chi connectivity index (χ2n) is 7.13. The molecule has 158 valence electrons. The zero-order valence-electron chi connectivity index (χ0n) is 17.4. The van der Waals surface area contributed by atoms with Gasteiger partial charge in [-0.2, -0.15) is 5.10 Å². The number of carbonyl (C=O) groups is 2. The Morgan fingerprint density at radius 2 is 1.68 bits per heavy atom. The molecule has 0 bridgehead atoms. The Morgan fingerprint density at radius 3 is 2.39 bits per heavy atom. The second-order valence-corrected chi connectivity index (χ2v) is 7.13. The Bertz CT molecular complexity index is 1040. The summed E-state index contributed by atoms with van der Waals surface area (Å²) in [5.74, 6) is 0.623. The maximum atomic E-state index is 12.1. The Hall–Kier alpha value is -3.93. The molecule has 0 aromatic heterocycles. The lowest BCUT2D eigenvalue weighted by atomic mass is 10.0. The van der Waals surface area contributed by atoms with Crippen LogP contribution in [0.15, 0.2) is 84.0 Å². The van der Waals surface area contributed by atoms with Crippen LogP contribution in [-0.2, 0) is 4.79 Å². The number of hydrazone groups is 1. The van der Waals surface area contributed by atoms with Crippen LogP contribution in [-0.4, -0.2) is 24.7 Å². The van der Waals surface area contributed by atoms with Crippen LogP contribution >= 0.6 is 0 Å². The quantitative estimate of drug-likeness (QED) is 0.253. The predicted octanol–water partition coefficient (Wildman–Crippen LogP) is 4.56. The van der Waals surface area contributed by atoms with E-state index in [0.29, 0.717) is 28.5 Å².